The van der Waals surface area contributed by atoms with Crippen molar-refractivity contribution in [2.45, 2.75) is 26.6 Å². The van der Waals surface area contributed by atoms with Crippen LogP contribution in [-0.2, 0) is 25.7 Å². The predicted molar refractivity (Wildman–Crippen MR) is 129 cm³/mol. The van der Waals surface area contributed by atoms with Gasteiger partial charge in [-0.05, 0) is 31.2 Å². The van der Waals surface area contributed by atoms with Crippen LogP contribution in [0.3, 0.4) is 0 Å². The Morgan fingerprint density at radius 2 is 1.88 bits per heavy atom. The molecule has 1 unspecified atom stereocenters. The zero-order valence-electron chi connectivity index (χ0n) is 18.9. The van der Waals surface area contributed by atoms with E-state index >= 15 is 0 Å². The number of carbonyl (C=O) groups excluding carboxylic acids is 3. The number of hydrogen-bond donors (Lipinski definition) is 1. The molecule has 0 aromatic heterocycles. The molecule has 0 saturated carbocycles. The molecular weight excluding hydrogens is 442 g/mol. The molecule has 2 aromatic rings. The lowest BCUT2D eigenvalue weighted by atomic mass is 10.0. The number of para-hydroxylation sites is 1. The van der Waals surface area contributed by atoms with Gasteiger partial charge < -0.3 is 9.47 Å². The summed E-state index contributed by atoms with van der Waals surface area (Å²) in [5, 5.41) is 2.56. The van der Waals surface area contributed by atoms with Gasteiger partial charge in [-0.3, -0.25) is 24.8 Å². The molecule has 0 bridgehead atoms. The molecule has 3 rings (SSSR count). The highest BCUT2D eigenvalue weighted by Crippen LogP contribution is 2.30. The smallest absolute Gasteiger partial charge is 0.409 e. The molecule has 0 fully saturated rings. The van der Waals surface area contributed by atoms with Crippen molar-refractivity contribution in [3.8, 4) is 0 Å². The molecule has 1 N–H and O–H groups in total. The quantitative estimate of drug-likeness (QED) is 0.596. The van der Waals surface area contributed by atoms with E-state index in [1.54, 1.807) is 18.7 Å². The van der Waals surface area contributed by atoms with Gasteiger partial charge in [0.1, 0.15) is 13.2 Å². The minimum Gasteiger partial charge on any atom is -0.465 e. The fraction of sp³-hybridized carbons (Fsp3) is 0.333. The van der Waals surface area contributed by atoms with Crippen LogP contribution >= 0.6 is 11.8 Å². The number of esters is 1. The lowest BCUT2D eigenvalue weighted by molar-refractivity contribution is -0.142. The summed E-state index contributed by atoms with van der Waals surface area (Å²) in [4.78, 5) is 44.2. The number of benzene rings is 2. The number of carbonyl (C=O) groups is 3. The zero-order valence-corrected chi connectivity index (χ0v) is 19.7. The highest BCUT2D eigenvalue weighted by Gasteiger charge is 2.35. The Morgan fingerprint density at radius 3 is 2.58 bits per heavy atom. The second kappa shape index (κ2) is 11.5. The van der Waals surface area contributed by atoms with Crippen LogP contribution in [0.5, 0.6) is 0 Å². The van der Waals surface area contributed by atoms with E-state index < -0.39 is 24.1 Å². The van der Waals surface area contributed by atoms with Gasteiger partial charge in [-0.2, -0.15) is 11.8 Å². The number of amides is 2. The van der Waals surface area contributed by atoms with Crippen molar-refractivity contribution < 1.29 is 23.9 Å². The van der Waals surface area contributed by atoms with Crippen molar-refractivity contribution in [1.82, 2.24) is 5.32 Å². The molecule has 0 aliphatic carbocycles. The number of anilines is 1. The van der Waals surface area contributed by atoms with Crippen LogP contribution in [0.2, 0.25) is 0 Å². The van der Waals surface area contributed by atoms with Gasteiger partial charge in [0, 0.05) is 11.3 Å². The van der Waals surface area contributed by atoms with E-state index in [0.717, 1.165) is 16.7 Å². The molecule has 1 aliphatic heterocycles. The third kappa shape index (κ3) is 6.13. The number of nitrogens with one attached hydrogen (secondary N) is 1. The molecule has 0 spiro atoms. The Hall–Kier alpha value is -3.33. The number of nitrogens with zero attached hydrogens (tertiary/aromatic N) is 2. The maximum Gasteiger partial charge on any atom is 0.409 e. The molecule has 2 amide bonds. The number of hydrogen-bond acceptors (Lipinski definition) is 7. The highest BCUT2D eigenvalue weighted by molar-refractivity contribution is 7.99. The Bertz CT molecular complexity index is 1040. The van der Waals surface area contributed by atoms with Gasteiger partial charge in [0.15, 0.2) is 0 Å². The number of aryl methyl sites for hydroxylation is 1. The molecule has 174 valence electrons. The van der Waals surface area contributed by atoms with E-state index in [4.69, 9.17) is 9.47 Å². The summed E-state index contributed by atoms with van der Waals surface area (Å²) in [6.45, 7) is 3.53. The highest BCUT2D eigenvalue weighted by atomic mass is 32.2. The molecule has 1 aliphatic rings. The number of aliphatic imine (C=N–C) groups is 1. The van der Waals surface area contributed by atoms with E-state index in [1.165, 1.54) is 4.90 Å². The van der Waals surface area contributed by atoms with Crippen molar-refractivity contribution in [2.24, 2.45) is 4.99 Å². The Balaban J connectivity index is 1.90. The summed E-state index contributed by atoms with van der Waals surface area (Å²) in [7, 11) is 0. The molecule has 0 radical (unpaired) electrons. The summed E-state index contributed by atoms with van der Waals surface area (Å²) in [6.07, 6.45) is -0.0858. The van der Waals surface area contributed by atoms with Gasteiger partial charge in [0.05, 0.1) is 18.0 Å². The van der Waals surface area contributed by atoms with Gasteiger partial charge in [0.2, 0.25) is 6.17 Å². The van der Waals surface area contributed by atoms with E-state index in [9.17, 15) is 14.4 Å². The van der Waals surface area contributed by atoms with Crippen molar-refractivity contribution in [3.05, 3.63) is 65.2 Å². The van der Waals surface area contributed by atoms with Crippen LogP contribution < -0.4 is 10.2 Å². The first-order valence-electron chi connectivity index (χ1n) is 10.5. The molecule has 8 nitrogen and oxygen atoms in total. The summed E-state index contributed by atoms with van der Waals surface area (Å²) in [5.41, 5.74) is 3.60. The SMILES string of the molecule is CCOC(=O)CN1C(=O)C(NC(=O)OCc2ccccc2)N=C(CSC)c2cccc(C)c21. The molecule has 9 heteroatoms. The predicted octanol–water partition coefficient (Wildman–Crippen LogP) is 3.31. The van der Waals surface area contributed by atoms with Crippen LogP contribution in [-0.4, -0.2) is 55.0 Å². The third-order valence-electron chi connectivity index (χ3n) is 4.94. The lowest BCUT2D eigenvalue weighted by Crippen LogP contribution is -2.49. The monoisotopic (exact) mass is 469 g/mol. The lowest BCUT2D eigenvalue weighted by Gasteiger charge is -2.26. The van der Waals surface area contributed by atoms with Crippen LogP contribution in [0, 0.1) is 6.92 Å². The number of benzodiazepines with no additional fused rings is 1. The molecular formula is C24H27N3O5S. The molecule has 1 heterocycles. The first kappa shape index (κ1) is 24.3. The van der Waals surface area contributed by atoms with Gasteiger partial charge >= 0.3 is 12.1 Å². The van der Waals surface area contributed by atoms with Crippen molar-refractivity contribution in [2.75, 3.05) is 30.1 Å². The minimum absolute atomic E-state index is 0.0564. The maximum absolute atomic E-state index is 13.5. The van der Waals surface area contributed by atoms with Gasteiger partial charge in [-0.1, -0.05) is 48.5 Å². The van der Waals surface area contributed by atoms with Crippen LogP contribution in [0.1, 0.15) is 23.6 Å². The second-order valence-corrected chi connectivity index (χ2v) is 8.18. The fourth-order valence-electron chi connectivity index (χ4n) is 3.50. The molecule has 0 saturated heterocycles. The number of thioether (sulfide) groups is 1. The minimum atomic E-state index is -1.24. The Kier molecular flexibility index (Phi) is 8.48. The Labute approximate surface area is 197 Å². The van der Waals surface area contributed by atoms with Crippen molar-refractivity contribution in [3.63, 3.8) is 0 Å². The van der Waals surface area contributed by atoms with Crippen LogP contribution in [0.4, 0.5) is 10.5 Å². The van der Waals surface area contributed by atoms with E-state index in [0.29, 0.717) is 17.2 Å². The Morgan fingerprint density at radius 1 is 1.12 bits per heavy atom. The third-order valence-corrected chi connectivity index (χ3v) is 5.51. The number of alkyl carbamates (subject to hydrolysis) is 1. The van der Waals surface area contributed by atoms with Gasteiger partial charge in [-0.15, -0.1) is 0 Å². The maximum atomic E-state index is 13.5. The molecule has 33 heavy (non-hydrogen) atoms. The van der Waals surface area contributed by atoms with E-state index in [2.05, 4.69) is 10.3 Å². The number of rotatable bonds is 8. The number of fused-ring (bicyclic) bond motifs is 1. The standard InChI is InChI=1S/C24H27N3O5S/c1-4-31-20(28)13-27-21-16(2)9-8-12-18(21)19(15-33-3)25-22(23(27)29)26-24(30)32-14-17-10-6-5-7-11-17/h5-12,22H,4,13-15H2,1-3H3,(H,26,30). The van der Waals surface area contributed by atoms with Gasteiger partial charge in [-0.25, -0.2) is 4.79 Å². The van der Waals surface area contributed by atoms with Crippen molar-refractivity contribution >= 4 is 41.1 Å². The van der Waals surface area contributed by atoms with Crippen LogP contribution in [0.15, 0.2) is 53.5 Å². The largest absolute Gasteiger partial charge is 0.465 e. The first-order chi connectivity index (χ1) is 15.9. The molecule has 2 aromatic carbocycles. The average Bonchev–Trinajstić information content (AvgIpc) is 2.90. The molecule has 1 atom stereocenters. The summed E-state index contributed by atoms with van der Waals surface area (Å²) < 4.78 is 10.4. The normalized spacial score (nSPS) is 15.2. The van der Waals surface area contributed by atoms with Crippen molar-refractivity contribution in [1.29, 1.82) is 0 Å². The summed E-state index contributed by atoms with van der Waals surface area (Å²) in [5.74, 6) is -0.557. The number of ether oxygens (including phenoxy) is 2. The van der Waals surface area contributed by atoms with Gasteiger partial charge in [0.25, 0.3) is 5.91 Å². The summed E-state index contributed by atoms with van der Waals surface area (Å²) in [6, 6.07) is 14.8. The fourth-order valence-corrected chi connectivity index (χ4v) is 4.01. The average molecular weight is 470 g/mol. The second-order valence-electron chi connectivity index (χ2n) is 7.32. The van der Waals surface area contributed by atoms with Crippen LogP contribution in [0.25, 0.3) is 0 Å². The summed E-state index contributed by atoms with van der Waals surface area (Å²) >= 11 is 1.54. The zero-order chi connectivity index (χ0) is 23.8. The topological polar surface area (TPSA) is 97.3 Å². The van der Waals surface area contributed by atoms with E-state index in [1.807, 2.05) is 61.7 Å². The first-order valence-corrected chi connectivity index (χ1v) is 11.9. The van der Waals surface area contributed by atoms with E-state index in [-0.39, 0.29) is 19.8 Å².